The second kappa shape index (κ2) is 567. The van der Waals surface area contributed by atoms with E-state index in [0.717, 1.165) is 0 Å². The molecule has 0 saturated carbocycles. The van der Waals surface area contributed by atoms with E-state index in [2.05, 4.69) is 0 Å². The van der Waals surface area contributed by atoms with Crippen LogP contribution in [0.2, 0.25) is 0 Å². The molecule has 0 saturated heterocycles. The van der Waals surface area contributed by atoms with Gasteiger partial charge < -0.3 is 49.3 Å². The number of hydrogen-bond acceptors (Lipinski definition) is 0. The maximum Gasteiger partial charge on any atom is 3.00 e. The van der Waals surface area contributed by atoms with Gasteiger partial charge in [-0.2, -0.15) is 0 Å². The zero-order valence-electron chi connectivity index (χ0n) is 5.20. The fraction of sp³-hybridized carbons (Fsp3) is 0. The molecule has 0 atom stereocenters. The van der Waals surface area contributed by atoms with Crippen LogP contribution < -0.4 is 0 Å². The summed E-state index contributed by atoms with van der Waals surface area (Å²) in [6, 6.07) is 0. The summed E-state index contributed by atoms with van der Waals surface area (Å²) in [7, 11) is 0. The van der Waals surface area contributed by atoms with Crippen molar-refractivity contribution in [3.8, 4) is 0 Å². The van der Waals surface area contributed by atoms with Crippen LogP contribution in [-0.4, -0.2) is 0 Å². The minimum atomic E-state index is 0. The van der Waals surface area contributed by atoms with Gasteiger partial charge in [0.25, 0.3) is 0 Å². The third-order valence-electron chi connectivity index (χ3n) is 0. The van der Waals surface area contributed by atoms with E-state index in [0.29, 0.717) is 0 Å². The topological polar surface area (TPSA) is 256 Å². The van der Waals surface area contributed by atoms with Crippen LogP contribution in [-0.2, 0) is 126 Å². The predicted molar refractivity (Wildman–Crippen MR) is 6.18 cm³/mol. The molecular weight excluding hydrogens is 448 g/mol. The van der Waals surface area contributed by atoms with Crippen LogP contribution in [0.5, 0.6) is 0 Å². The summed E-state index contributed by atoms with van der Waals surface area (Å²) in [5, 5.41) is 0. The van der Waals surface area contributed by atoms with Gasteiger partial charge in [-0.15, -0.1) is 0 Å². The van der Waals surface area contributed by atoms with Crippen LogP contribution in [0.1, 0.15) is 0 Å². The van der Waals surface area contributed by atoms with Gasteiger partial charge in [0.1, 0.15) is 0 Å². The monoisotopic (exact) mass is 452 g/mol. The minimum absolute atomic E-state index is 0. The van der Waals surface area contributed by atoms with Gasteiger partial charge in [0.15, 0.2) is 0 Å². The summed E-state index contributed by atoms with van der Waals surface area (Å²) in [6.07, 6.45) is 0. The number of hydrogen-bond donors (Lipinski definition) is 0. The number of rotatable bonds is 0. The standard InChI is InChI=1S/2Fe.2Mo.9O/q2*+3;;;9*-2. The van der Waals surface area contributed by atoms with Crippen molar-refractivity contribution in [3.05, 3.63) is 0 Å². The van der Waals surface area contributed by atoms with Gasteiger partial charge in [0, 0.05) is 42.1 Å². The Hall–Kier alpha value is 2.06. The van der Waals surface area contributed by atoms with Gasteiger partial charge in [-0.3, -0.25) is 0 Å². The third kappa shape index (κ3) is 483. The molecule has 94 valence electrons. The molecule has 0 spiro atoms. The predicted octanol–water partition coefficient (Wildman–Crippen LogP) is -1.08. The molecule has 0 aliphatic rings. The molecule has 0 amide bonds. The van der Waals surface area contributed by atoms with E-state index in [1.165, 1.54) is 0 Å². The molecule has 0 aliphatic heterocycles. The molecule has 9 nitrogen and oxygen atoms in total. The van der Waals surface area contributed by atoms with Crippen molar-refractivity contribution < 1.29 is 126 Å². The Labute approximate surface area is 125 Å². The molecule has 13 heavy (non-hydrogen) atoms. The fourth-order valence-electron chi connectivity index (χ4n) is 0. The van der Waals surface area contributed by atoms with Crippen LogP contribution in [0, 0.1) is 0 Å². The van der Waals surface area contributed by atoms with Gasteiger partial charge in [-0.1, -0.05) is 0 Å². The average Bonchev–Trinajstić information content (AvgIpc) is 0. The zero-order chi connectivity index (χ0) is 0. The molecule has 0 heterocycles. The molecule has 0 rings (SSSR count). The molecule has 13 heteroatoms. The summed E-state index contributed by atoms with van der Waals surface area (Å²) < 4.78 is 0. The van der Waals surface area contributed by atoms with Crippen LogP contribution in [0.4, 0.5) is 0 Å². The SMILES string of the molecule is [Fe+3].[Fe+3].[Mo].[Mo].[O-2].[O-2].[O-2].[O-2].[O-2].[O-2].[O-2].[O-2].[O-2]. The maximum atomic E-state index is 0. The second-order valence-electron chi connectivity index (χ2n) is 0. The van der Waals surface area contributed by atoms with E-state index in [1.54, 1.807) is 0 Å². The van der Waals surface area contributed by atoms with E-state index in [-0.39, 0.29) is 126 Å². The van der Waals surface area contributed by atoms with Crippen molar-refractivity contribution in [1.82, 2.24) is 0 Å². The van der Waals surface area contributed by atoms with Crippen molar-refractivity contribution >= 4 is 0 Å². The molecule has 0 aromatic rings. The second-order valence-corrected chi connectivity index (χ2v) is 0. The Kier molecular flexibility index (Phi) is 30700. The summed E-state index contributed by atoms with van der Waals surface area (Å²) in [4.78, 5) is 0. The van der Waals surface area contributed by atoms with Crippen molar-refractivity contribution in [2.24, 2.45) is 0 Å². The largest absolute Gasteiger partial charge is 3.00 e. The molecule has 0 unspecified atom stereocenters. The van der Waals surface area contributed by atoms with Crippen LogP contribution in [0.15, 0.2) is 0 Å². The molecule has 2 radical (unpaired) electrons. The van der Waals surface area contributed by atoms with Gasteiger partial charge in [-0.25, -0.2) is 0 Å². The van der Waals surface area contributed by atoms with E-state index >= 15 is 0 Å². The Morgan fingerprint density at radius 2 is 0.231 bits per heavy atom. The quantitative estimate of drug-likeness (QED) is 0.401. The summed E-state index contributed by atoms with van der Waals surface area (Å²) in [5.74, 6) is 0. The Morgan fingerprint density at radius 1 is 0.231 bits per heavy atom. The van der Waals surface area contributed by atoms with E-state index in [9.17, 15) is 0 Å². The Bertz CT molecular complexity index is 15.6. The molecule has 0 aromatic heterocycles. The van der Waals surface area contributed by atoms with Crippen molar-refractivity contribution in [3.63, 3.8) is 0 Å². The summed E-state index contributed by atoms with van der Waals surface area (Å²) in [5.41, 5.74) is 0. The summed E-state index contributed by atoms with van der Waals surface area (Å²) >= 11 is 0. The van der Waals surface area contributed by atoms with Gasteiger partial charge in [0.2, 0.25) is 0 Å². The molecule has 0 aliphatic carbocycles. The van der Waals surface area contributed by atoms with Crippen molar-refractivity contribution in [1.29, 1.82) is 0 Å². The molecule has 0 bridgehead atoms. The fourth-order valence-corrected chi connectivity index (χ4v) is 0. The van der Waals surface area contributed by atoms with Crippen molar-refractivity contribution in [2.75, 3.05) is 0 Å². The van der Waals surface area contributed by atoms with Gasteiger partial charge in [-0.05, 0) is 0 Å². The van der Waals surface area contributed by atoms with Crippen LogP contribution >= 0.6 is 0 Å². The average molecular weight is 448 g/mol. The van der Waals surface area contributed by atoms with E-state index < -0.39 is 0 Å². The first-order valence-electron chi connectivity index (χ1n) is 0. The van der Waals surface area contributed by atoms with E-state index in [1.807, 2.05) is 0 Å². The molecule has 0 aromatic carbocycles. The normalized spacial score (nSPS) is 0. The van der Waals surface area contributed by atoms with Crippen LogP contribution in [0.25, 0.3) is 0 Å². The first kappa shape index (κ1) is 704. The van der Waals surface area contributed by atoms with Crippen molar-refractivity contribution in [2.45, 2.75) is 0 Å². The molecule has 0 fully saturated rings. The van der Waals surface area contributed by atoms with E-state index in [4.69, 9.17) is 0 Å². The first-order chi connectivity index (χ1) is 0. The maximum absolute atomic E-state index is 0. The zero-order valence-corrected chi connectivity index (χ0v) is 11.4. The Morgan fingerprint density at radius 3 is 0.231 bits per heavy atom. The van der Waals surface area contributed by atoms with Crippen LogP contribution in [0.3, 0.4) is 0 Å². The van der Waals surface area contributed by atoms with Gasteiger partial charge in [0.05, 0.1) is 0 Å². The minimum Gasteiger partial charge on any atom is -2.00 e. The summed E-state index contributed by atoms with van der Waals surface area (Å²) in [6.45, 7) is 0. The Balaban J connectivity index is 0. The third-order valence-corrected chi connectivity index (χ3v) is 0. The molecular formula is Fe2Mo2O9-12. The first-order valence-corrected chi connectivity index (χ1v) is 0. The smallest absolute Gasteiger partial charge is 2.00 e. The molecule has 0 N–H and O–H groups in total. The van der Waals surface area contributed by atoms with Gasteiger partial charge >= 0.3 is 34.1 Å².